The van der Waals surface area contributed by atoms with Gasteiger partial charge in [0.2, 0.25) is 0 Å². The highest BCUT2D eigenvalue weighted by Crippen LogP contribution is 2.24. The zero-order valence-electron chi connectivity index (χ0n) is 15.7. The molecule has 1 aromatic rings. The molecule has 1 amide bonds. The van der Waals surface area contributed by atoms with E-state index in [9.17, 15) is 13.6 Å². The number of benzene rings is 1. The molecule has 2 atom stereocenters. The third-order valence-corrected chi connectivity index (χ3v) is 4.75. The lowest BCUT2D eigenvalue weighted by molar-refractivity contribution is 0.0724. The number of alkyl halides is 1. The number of carbonyl (C=O) groups is 1. The van der Waals surface area contributed by atoms with E-state index >= 15 is 0 Å². The smallest absolute Gasteiger partial charge is 0.251 e. The summed E-state index contributed by atoms with van der Waals surface area (Å²) in [7, 11) is 0. The molecular weight excluding hydrogens is 336 g/mol. The van der Waals surface area contributed by atoms with E-state index in [0.29, 0.717) is 13.0 Å². The lowest BCUT2D eigenvalue weighted by Crippen LogP contribution is -2.46. The fourth-order valence-electron chi connectivity index (χ4n) is 3.05. The summed E-state index contributed by atoms with van der Waals surface area (Å²) in [5.74, 6) is -1.36. The van der Waals surface area contributed by atoms with Crippen LogP contribution in [0.1, 0.15) is 49.5 Å². The first-order valence-electron chi connectivity index (χ1n) is 9.03. The molecule has 26 heavy (non-hydrogen) atoms. The van der Waals surface area contributed by atoms with Crippen LogP contribution in [0.5, 0.6) is 0 Å². The highest BCUT2D eigenvalue weighted by Gasteiger charge is 2.30. The minimum absolute atomic E-state index is 0.0829. The van der Waals surface area contributed by atoms with Gasteiger partial charge in [0.05, 0.1) is 11.6 Å². The third kappa shape index (κ3) is 6.06. The van der Waals surface area contributed by atoms with Gasteiger partial charge in [-0.2, -0.15) is 5.26 Å². The molecule has 0 bridgehead atoms. The summed E-state index contributed by atoms with van der Waals surface area (Å²) in [5.41, 5.74) is 0.398. The van der Waals surface area contributed by atoms with Gasteiger partial charge in [0.25, 0.3) is 5.91 Å². The Labute approximate surface area is 154 Å². The maximum absolute atomic E-state index is 14.5. The average molecular weight is 363 g/mol. The molecule has 142 valence electrons. The number of rotatable bonds is 5. The van der Waals surface area contributed by atoms with Crippen molar-refractivity contribution in [3.8, 4) is 6.07 Å². The highest BCUT2D eigenvalue weighted by molar-refractivity contribution is 5.94. The molecular formula is C20H27F2N3O. The van der Waals surface area contributed by atoms with E-state index in [0.717, 1.165) is 31.6 Å². The normalized spacial score (nSPS) is 21.2. The Morgan fingerprint density at radius 3 is 2.73 bits per heavy atom. The summed E-state index contributed by atoms with van der Waals surface area (Å²) in [4.78, 5) is 14.3. The maximum Gasteiger partial charge on any atom is 0.251 e. The van der Waals surface area contributed by atoms with E-state index in [4.69, 9.17) is 5.26 Å². The Hall–Kier alpha value is -2.00. The van der Waals surface area contributed by atoms with Crippen LogP contribution in [0.15, 0.2) is 18.2 Å². The predicted octanol–water partition coefficient (Wildman–Crippen LogP) is 3.52. The van der Waals surface area contributed by atoms with E-state index in [-0.39, 0.29) is 29.0 Å². The molecule has 1 fully saturated rings. The van der Waals surface area contributed by atoms with Crippen LogP contribution >= 0.6 is 0 Å². The second kappa shape index (κ2) is 8.59. The van der Waals surface area contributed by atoms with Gasteiger partial charge >= 0.3 is 0 Å². The molecule has 0 radical (unpaired) electrons. The van der Waals surface area contributed by atoms with E-state index in [2.05, 4.69) is 31.0 Å². The Morgan fingerprint density at radius 1 is 1.38 bits per heavy atom. The lowest BCUT2D eigenvalue weighted by atomic mass is 9.90. The Balaban J connectivity index is 1.84. The third-order valence-electron chi connectivity index (χ3n) is 4.75. The molecule has 4 nitrogen and oxygen atoms in total. The van der Waals surface area contributed by atoms with E-state index in [1.165, 1.54) is 6.07 Å². The molecule has 1 heterocycles. The standard InChI is InChI=1S/C20H27F2N3O/c1-20(2,3)5-7-25-6-4-15(18(22)13-25)12-24-19(26)16-8-14(11-23)9-17(21)10-16/h8-10,15,18H,4-7,12-13H2,1-3H3,(H,24,26). The minimum atomic E-state index is -0.994. The van der Waals surface area contributed by atoms with Crippen molar-refractivity contribution in [1.82, 2.24) is 10.2 Å². The summed E-state index contributed by atoms with van der Waals surface area (Å²) in [6.07, 6.45) is 0.700. The van der Waals surface area contributed by atoms with Crippen LogP contribution in [0.25, 0.3) is 0 Å². The largest absolute Gasteiger partial charge is 0.352 e. The van der Waals surface area contributed by atoms with Gasteiger partial charge in [0.15, 0.2) is 0 Å². The Bertz CT molecular complexity index is 679. The summed E-state index contributed by atoms with van der Waals surface area (Å²) < 4.78 is 27.9. The van der Waals surface area contributed by atoms with Crippen molar-refractivity contribution in [2.75, 3.05) is 26.2 Å². The van der Waals surface area contributed by atoms with Crippen molar-refractivity contribution in [3.63, 3.8) is 0 Å². The highest BCUT2D eigenvalue weighted by atomic mass is 19.1. The molecule has 1 aromatic carbocycles. The van der Waals surface area contributed by atoms with Gasteiger partial charge in [-0.15, -0.1) is 0 Å². The summed E-state index contributed by atoms with van der Waals surface area (Å²) >= 11 is 0. The topological polar surface area (TPSA) is 56.1 Å². The maximum atomic E-state index is 14.5. The van der Waals surface area contributed by atoms with Crippen LogP contribution in [0.2, 0.25) is 0 Å². The summed E-state index contributed by atoms with van der Waals surface area (Å²) in [5, 5.41) is 11.5. The number of hydrogen-bond acceptors (Lipinski definition) is 3. The van der Waals surface area contributed by atoms with Crippen LogP contribution in [0.3, 0.4) is 0 Å². The number of carbonyl (C=O) groups excluding carboxylic acids is 1. The van der Waals surface area contributed by atoms with Gasteiger partial charge in [0, 0.05) is 24.6 Å². The zero-order valence-corrected chi connectivity index (χ0v) is 15.7. The number of nitriles is 1. The number of amides is 1. The first-order valence-corrected chi connectivity index (χ1v) is 9.03. The van der Waals surface area contributed by atoms with Gasteiger partial charge in [-0.05, 0) is 49.5 Å². The zero-order chi connectivity index (χ0) is 19.3. The van der Waals surface area contributed by atoms with E-state index in [1.807, 2.05) is 6.07 Å². The van der Waals surface area contributed by atoms with Gasteiger partial charge in [0.1, 0.15) is 12.0 Å². The number of piperidine rings is 1. The van der Waals surface area contributed by atoms with Crippen molar-refractivity contribution in [3.05, 3.63) is 35.1 Å². The predicted molar refractivity (Wildman–Crippen MR) is 97.0 cm³/mol. The van der Waals surface area contributed by atoms with Crippen LogP contribution in [-0.4, -0.2) is 43.2 Å². The molecule has 2 unspecified atom stereocenters. The van der Waals surface area contributed by atoms with E-state index in [1.54, 1.807) is 0 Å². The van der Waals surface area contributed by atoms with Crippen LogP contribution in [-0.2, 0) is 0 Å². The molecule has 2 rings (SSSR count). The minimum Gasteiger partial charge on any atom is -0.352 e. The molecule has 1 aliphatic rings. The lowest BCUT2D eigenvalue weighted by Gasteiger charge is -2.36. The molecule has 0 spiro atoms. The van der Waals surface area contributed by atoms with Crippen LogP contribution in [0.4, 0.5) is 8.78 Å². The number of halogens is 2. The van der Waals surface area contributed by atoms with E-state index < -0.39 is 17.9 Å². The number of likely N-dealkylation sites (tertiary alicyclic amines) is 1. The average Bonchev–Trinajstić information content (AvgIpc) is 2.57. The van der Waals surface area contributed by atoms with Crippen molar-refractivity contribution < 1.29 is 13.6 Å². The monoisotopic (exact) mass is 363 g/mol. The Kier molecular flexibility index (Phi) is 6.71. The fraction of sp³-hybridized carbons (Fsp3) is 0.600. The quantitative estimate of drug-likeness (QED) is 0.871. The molecule has 6 heteroatoms. The SMILES string of the molecule is CC(C)(C)CCN1CCC(CNC(=O)c2cc(F)cc(C#N)c2)C(F)C1. The van der Waals surface area contributed by atoms with Crippen molar-refractivity contribution >= 4 is 5.91 Å². The van der Waals surface area contributed by atoms with Crippen molar-refractivity contribution in [2.24, 2.45) is 11.3 Å². The summed E-state index contributed by atoms with van der Waals surface area (Å²) in [6.45, 7) is 8.81. The van der Waals surface area contributed by atoms with Crippen LogP contribution < -0.4 is 5.32 Å². The Morgan fingerprint density at radius 2 is 2.12 bits per heavy atom. The second-order valence-corrected chi connectivity index (χ2v) is 8.23. The molecule has 1 aliphatic heterocycles. The summed E-state index contributed by atoms with van der Waals surface area (Å²) in [6, 6.07) is 5.30. The van der Waals surface area contributed by atoms with Gasteiger partial charge in [-0.25, -0.2) is 8.78 Å². The van der Waals surface area contributed by atoms with Gasteiger partial charge in [-0.3, -0.25) is 4.79 Å². The first-order chi connectivity index (χ1) is 12.2. The molecule has 1 saturated heterocycles. The molecule has 0 aromatic heterocycles. The fourth-order valence-corrected chi connectivity index (χ4v) is 3.05. The van der Waals surface area contributed by atoms with Gasteiger partial charge < -0.3 is 10.2 Å². The first kappa shape index (κ1) is 20.3. The number of nitrogens with zero attached hydrogens (tertiary/aromatic N) is 2. The van der Waals surface area contributed by atoms with Crippen molar-refractivity contribution in [2.45, 2.75) is 39.8 Å². The van der Waals surface area contributed by atoms with Crippen molar-refractivity contribution in [1.29, 1.82) is 5.26 Å². The molecule has 0 aliphatic carbocycles. The second-order valence-electron chi connectivity index (χ2n) is 8.23. The molecule has 1 N–H and O–H groups in total. The van der Waals surface area contributed by atoms with Gasteiger partial charge in [-0.1, -0.05) is 20.8 Å². The van der Waals surface area contributed by atoms with Crippen LogP contribution in [0, 0.1) is 28.5 Å². The number of nitrogens with one attached hydrogen (secondary N) is 1. The number of hydrogen-bond donors (Lipinski definition) is 1. The molecule has 0 saturated carbocycles.